The van der Waals surface area contributed by atoms with Crippen LogP contribution in [0.25, 0.3) is 43.1 Å². The van der Waals surface area contributed by atoms with Gasteiger partial charge in [0.05, 0.1) is 22.3 Å². The highest BCUT2D eigenvalue weighted by atomic mass is 28.4. The van der Waals surface area contributed by atoms with Crippen LogP contribution < -0.4 is 29.6 Å². The van der Waals surface area contributed by atoms with Crippen molar-refractivity contribution in [3.63, 3.8) is 0 Å². The monoisotopic (exact) mass is 1600 g/mol. The van der Waals surface area contributed by atoms with Gasteiger partial charge in [0, 0.05) is 110 Å². The third-order valence-electron chi connectivity index (χ3n) is 22.5. The summed E-state index contributed by atoms with van der Waals surface area (Å²) in [6.07, 6.45) is 3.06. The van der Waals surface area contributed by atoms with Gasteiger partial charge in [0.25, 0.3) is 23.6 Å². The Balaban J connectivity index is 1.16. The van der Waals surface area contributed by atoms with Crippen LogP contribution in [0.3, 0.4) is 0 Å². The van der Waals surface area contributed by atoms with E-state index in [9.17, 15) is 0 Å². The quantitative estimate of drug-likeness (QED) is 0.0184. The molecule has 11 aromatic rings. The lowest BCUT2D eigenvalue weighted by atomic mass is 9.80. The number of hydrogen-bond acceptors (Lipinski definition) is 18. The van der Waals surface area contributed by atoms with Crippen LogP contribution in [0.5, 0.6) is 46.0 Å². The number of nitrogens with one attached hydrogen (secondary N) is 2. The molecule has 0 fully saturated rings. The molecule has 604 valence electrons. The summed E-state index contributed by atoms with van der Waals surface area (Å²) < 4.78 is 64.7. The van der Waals surface area contributed by atoms with Gasteiger partial charge in [-0.05, 0) is 192 Å². The molecule has 0 saturated carbocycles. The van der Waals surface area contributed by atoms with E-state index in [2.05, 4.69) is 76.0 Å². The van der Waals surface area contributed by atoms with Crippen LogP contribution in [0.1, 0.15) is 204 Å². The summed E-state index contributed by atoms with van der Waals surface area (Å²) in [5.74, 6) is -3.43. The number of rotatable bonds is 30. The molecule has 2 aliphatic heterocycles. The van der Waals surface area contributed by atoms with Gasteiger partial charge in [-0.2, -0.15) is 0 Å². The lowest BCUT2D eigenvalue weighted by molar-refractivity contribution is -0.121. The van der Waals surface area contributed by atoms with E-state index >= 15 is 28.8 Å². The van der Waals surface area contributed by atoms with Gasteiger partial charge in [-0.1, -0.05) is 132 Å². The molecule has 0 saturated heterocycles. The maximum Gasteiger partial charge on any atom is 0.504 e. The van der Waals surface area contributed by atoms with E-state index in [0.717, 1.165) is 54.3 Å². The minimum absolute atomic E-state index is 0.0105. The molecule has 0 spiro atoms. The van der Waals surface area contributed by atoms with Crippen LogP contribution in [-0.4, -0.2) is 128 Å². The van der Waals surface area contributed by atoms with E-state index in [1.165, 1.54) is 55.1 Å². The van der Waals surface area contributed by atoms with E-state index in [1.54, 1.807) is 76.2 Å². The van der Waals surface area contributed by atoms with Crippen molar-refractivity contribution < 1.29 is 74.3 Å². The summed E-state index contributed by atoms with van der Waals surface area (Å²) in [5.41, 5.74) is 8.40. The average Bonchev–Trinajstić information content (AvgIpc) is 0.669. The van der Waals surface area contributed by atoms with Crippen molar-refractivity contribution in [2.24, 2.45) is 11.8 Å². The highest BCUT2D eigenvalue weighted by molar-refractivity contribution is 6.60. The third-order valence-corrected chi connectivity index (χ3v) is 27.9. The fraction of sp³-hybridized carbons (Fsp3) is 0.348. The molecule has 0 radical (unpaired) electrons. The summed E-state index contributed by atoms with van der Waals surface area (Å²) in [4.78, 5) is 109. The molecular weight excluding hydrogens is 1500 g/mol. The van der Waals surface area contributed by atoms with Crippen LogP contribution in [-0.2, 0) is 48.2 Å². The predicted octanol–water partition coefficient (Wildman–Crippen LogP) is 19.9. The first-order chi connectivity index (χ1) is 55.2. The van der Waals surface area contributed by atoms with Gasteiger partial charge in [-0.15, -0.1) is 0 Å². The minimum atomic E-state index is -3.20. The number of imide groups is 2. The number of hydrogen-bond donors (Lipinski definition) is 2. The number of fused-ring (bicyclic) bond motifs is 2. The number of nitrogens with zero attached hydrogens (tertiary/aromatic N) is 4. The molecule has 2 aromatic heterocycles. The second kappa shape index (κ2) is 33.1. The summed E-state index contributed by atoms with van der Waals surface area (Å²) in [5, 5.41) is 7.96. The molecule has 9 aromatic carbocycles. The second-order valence-electron chi connectivity index (χ2n) is 32.2. The standard InChI is InChI=1S/C92H102N6O16Si2/c1-47(2)59-23-27-67(53(13)35-59)111-71-41-63-77-64(90(102)97(89(63)101)85(51(9)10)87(99)95-75-39-57(31-33-93-75)45-115(105-17,106-18)107-19)43-73(113-69-29-25-61(49(5)6)37-55(69)15)81-82-74(114-70-30-26-62(50(7)8)38-56(70)16)44-66-78-65(42-72(80(84(78)82)79(71)83(77)81)112-68-28-24-60(48(3)4)36-54(68)14)91(103)98(92(66)104)86(52(11)12)88(100)96-76-40-58(32-34-94-76)46-116(108-20,109-21)110-22/h23-44,47-52,85-86H,45-46H2,1-22H3,(H,93,95,99)(H,94,96,100). The van der Waals surface area contributed by atoms with Gasteiger partial charge in [0.2, 0.25) is 11.8 Å². The first-order valence-corrected chi connectivity index (χ1v) is 43.2. The Labute approximate surface area is 679 Å². The molecular formula is C92H102N6O16Si2. The summed E-state index contributed by atoms with van der Waals surface area (Å²) in [6, 6.07) is 34.4. The summed E-state index contributed by atoms with van der Waals surface area (Å²) >= 11 is 0. The molecule has 4 heterocycles. The number of aryl methyl sites for hydroxylation is 4. The molecule has 13 rings (SSSR count). The number of amides is 6. The Kier molecular flexibility index (Phi) is 23.7. The number of anilines is 2. The van der Waals surface area contributed by atoms with Gasteiger partial charge in [0.1, 0.15) is 69.7 Å². The van der Waals surface area contributed by atoms with Crippen molar-refractivity contribution in [1.82, 2.24) is 19.8 Å². The smallest absolute Gasteiger partial charge is 0.456 e. The highest BCUT2D eigenvalue weighted by Gasteiger charge is 2.49. The SMILES string of the molecule is CO[Si](Cc1ccnc(NC(=O)C(C(C)C)N2C(=O)c3cc(Oc4ccc(C(C)C)cc4C)c4c5c(Oc6ccc(C(C)C)cc6C)cc6c7c(cc(Oc8ccc(C(C)C)cc8C)c(c8c(Oc9ccc(C(C)C)cc9C)cc(c3c48)C2=O)c75)C(=O)N(C(C(=O)Nc2cc(C[Si](OC)(OC)OC)ccn2)C(C)C)C6=O)c1)(OC)OC. The molecule has 2 N–H and O–H groups in total. The maximum absolute atomic E-state index is 16.7. The van der Waals surface area contributed by atoms with E-state index in [1.807, 2.05) is 100 Å². The van der Waals surface area contributed by atoms with Gasteiger partial charge < -0.3 is 56.1 Å². The van der Waals surface area contributed by atoms with Crippen LogP contribution >= 0.6 is 0 Å². The number of ether oxygens (including phenoxy) is 4. The fourth-order valence-corrected chi connectivity index (χ4v) is 19.3. The van der Waals surface area contributed by atoms with Gasteiger partial charge in [0.15, 0.2) is 0 Å². The van der Waals surface area contributed by atoms with Crippen LogP contribution in [0.2, 0.25) is 0 Å². The number of aromatic nitrogens is 2. The molecule has 24 heteroatoms. The zero-order chi connectivity index (χ0) is 83.6. The van der Waals surface area contributed by atoms with E-state index in [0.29, 0.717) is 34.1 Å². The number of carbonyl (C=O) groups excluding carboxylic acids is 6. The number of carbonyl (C=O) groups is 6. The molecule has 2 unspecified atom stereocenters. The zero-order valence-corrected chi connectivity index (χ0v) is 72.1. The summed E-state index contributed by atoms with van der Waals surface area (Å²) in [6.45, 7) is 31.6. The topological polar surface area (TPSA) is 251 Å². The molecule has 2 atom stereocenters. The van der Waals surface area contributed by atoms with Gasteiger partial charge in [-0.3, -0.25) is 38.6 Å². The van der Waals surface area contributed by atoms with Crippen molar-refractivity contribution >= 4 is 108 Å². The zero-order valence-electron chi connectivity index (χ0n) is 70.1. The Morgan fingerprint density at radius 2 is 0.586 bits per heavy atom. The lowest BCUT2D eigenvalue weighted by Crippen LogP contribution is -2.54. The van der Waals surface area contributed by atoms with Gasteiger partial charge >= 0.3 is 17.6 Å². The van der Waals surface area contributed by atoms with Crippen molar-refractivity contribution in [3.8, 4) is 46.0 Å². The van der Waals surface area contributed by atoms with Crippen LogP contribution in [0.4, 0.5) is 11.6 Å². The van der Waals surface area contributed by atoms with Crippen molar-refractivity contribution in [3.05, 3.63) is 212 Å². The Morgan fingerprint density at radius 3 is 0.802 bits per heavy atom. The van der Waals surface area contributed by atoms with E-state index in [4.69, 9.17) is 45.5 Å². The third kappa shape index (κ3) is 15.3. The predicted molar refractivity (Wildman–Crippen MR) is 454 cm³/mol. The molecule has 0 aliphatic carbocycles. The van der Waals surface area contributed by atoms with E-state index in [-0.39, 0.29) is 136 Å². The van der Waals surface area contributed by atoms with E-state index < -0.39 is 77.0 Å². The average molecular weight is 1600 g/mol. The molecule has 0 bridgehead atoms. The minimum Gasteiger partial charge on any atom is -0.456 e. The Morgan fingerprint density at radius 1 is 0.336 bits per heavy atom. The molecule has 2 aliphatic rings. The fourth-order valence-electron chi connectivity index (χ4n) is 16.0. The second-order valence-corrected chi connectivity index (χ2v) is 38.1. The number of pyridine rings is 2. The lowest BCUT2D eigenvalue weighted by Gasteiger charge is -2.37. The first-order valence-electron chi connectivity index (χ1n) is 39.3. The largest absolute Gasteiger partial charge is 0.504 e. The maximum atomic E-state index is 16.7. The molecule has 22 nitrogen and oxygen atoms in total. The van der Waals surface area contributed by atoms with Crippen molar-refractivity contribution in [2.75, 3.05) is 53.3 Å². The van der Waals surface area contributed by atoms with Crippen molar-refractivity contribution in [1.29, 1.82) is 0 Å². The van der Waals surface area contributed by atoms with Gasteiger partial charge in [-0.25, -0.2) is 9.97 Å². The summed E-state index contributed by atoms with van der Waals surface area (Å²) in [7, 11) is 2.66. The normalized spacial score (nSPS) is 13.9. The molecule has 6 amide bonds. The number of benzene rings is 9. The Hall–Kier alpha value is -10.8. The van der Waals surface area contributed by atoms with Crippen LogP contribution in [0.15, 0.2) is 134 Å². The highest BCUT2D eigenvalue weighted by Crippen LogP contribution is 2.59. The van der Waals surface area contributed by atoms with Crippen molar-refractivity contribution in [2.45, 2.75) is 159 Å². The first kappa shape index (κ1) is 83.2. The van der Waals surface area contributed by atoms with Crippen LogP contribution in [0, 0.1) is 39.5 Å². The molecule has 116 heavy (non-hydrogen) atoms. The Bertz CT molecular complexity index is 5140.